The molecule has 1 aromatic rings. The first kappa shape index (κ1) is 19.1. The molecule has 0 unspecified atom stereocenters. The van der Waals surface area contributed by atoms with Crippen LogP contribution in [0.5, 0.6) is 0 Å². The van der Waals surface area contributed by atoms with Gasteiger partial charge in [0.2, 0.25) is 0 Å². The molecular formula is C21H29NO. The fraction of sp³-hybridized carbons (Fsp3) is 0.381. The van der Waals surface area contributed by atoms with Gasteiger partial charge in [-0.3, -0.25) is 4.99 Å². The SMILES string of the molecule is C=C(C)\N=C(C)/C(=C/C=C(\C)c1ccc(CC)c(CO)c1)CC. The lowest BCUT2D eigenvalue weighted by atomic mass is 9.98. The van der Waals surface area contributed by atoms with E-state index in [2.05, 4.69) is 62.7 Å². The average molecular weight is 311 g/mol. The van der Waals surface area contributed by atoms with E-state index in [1.54, 1.807) is 0 Å². The summed E-state index contributed by atoms with van der Waals surface area (Å²) in [4.78, 5) is 4.44. The Hall–Kier alpha value is -1.93. The second kappa shape index (κ2) is 9.26. The van der Waals surface area contributed by atoms with E-state index in [9.17, 15) is 5.11 Å². The van der Waals surface area contributed by atoms with Crippen LogP contribution in [0.4, 0.5) is 0 Å². The first-order chi connectivity index (χ1) is 10.9. The molecule has 0 aliphatic heterocycles. The van der Waals surface area contributed by atoms with Gasteiger partial charge < -0.3 is 5.11 Å². The molecule has 1 aromatic carbocycles. The molecular weight excluding hydrogens is 282 g/mol. The number of allylic oxidation sites excluding steroid dienone is 5. The van der Waals surface area contributed by atoms with Crippen molar-refractivity contribution in [1.29, 1.82) is 0 Å². The fourth-order valence-corrected chi connectivity index (χ4v) is 2.54. The van der Waals surface area contributed by atoms with Crippen LogP contribution < -0.4 is 0 Å². The standard InChI is InChI=1S/C21H29NO/c1-7-18(17(6)22-15(3)4)10-9-16(5)20-12-11-19(8-2)21(13-20)14-23/h9-13,23H,3,7-8,14H2,1-2,4-6H3/b16-9+,18-10+,22-17-. The second-order valence-corrected chi connectivity index (χ2v) is 5.82. The zero-order valence-corrected chi connectivity index (χ0v) is 15.1. The van der Waals surface area contributed by atoms with Crippen molar-refractivity contribution in [3.8, 4) is 0 Å². The van der Waals surface area contributed by atoms with Gasteiger partial charge in [-0.15, -0.1) is 0 Å². The highest BCUT2D eigenvalue weighted by molar-refractivity contribution is 5.99. The summed E-state index contributed by atoms with van der Waals surface area (Å²) in [5, 5.41) is 9.51. The lowest BCUT2D eigenvalue weighted by Gasteiger charge is -2.09. The van der Waals surface area contributed by atoms with Crippen molar-refractivity contribution in [2.24, 2.45) is 4.99 Å². The number of aliphatic hydroxyl groups is 1. The molecule has 0 saturated heterocycles. The number of rotatable bonds is 7. The number of hydrogen-bond acceptors (Lipinski definition) is 2. The molecule has 0 saturated carbocycles. The Labute approximate surface area is 141 Å². The molecule has 2 heteroatoms. The van der Waals surface area contributed by atoms with Gasteiger partial charge >= 0.3 is 0 Å². The number of nitrogens with zero attached hydrogens (tertiary/aromatic N) is 1. The van der Waals surface area contributed by atoms with Gasteiger partial charge in [0, 0.05) is 11.4 Å². The van der Waals surface area contributed by atoms with Crippen LogP contribution >= 0.6 is 0 Å². The van der Waals surface area contributed by atoms with Gasteiger partial charge in [-0.05, 0) is 67.5 Å². The van der Waals surface area contributed by atoms with E-state index in [0.717, 1.165) is 35.4 Å². The summed E-state index contributed by atoms with van der Waals surface area (Å²) in [5.74, 6) is 0. The summed E-state index contributed by atoms with van der Waals surface area (Å²) < 4.78 is 0. The van der Waals surface area contributed by atoms with E-state index < -0.39 is 0 Å². The van der Waals surface area contributed by atoms with E-state index in [-0.39, 0.29) is 6.61 Å². The topological polar surface area (TPSA) is 32.6 Å². The van der Waals surface area contributed by atoms with Gasteiger partial charge in [-0.1, -0.05) is 44.7 Å². The smallest absolute Gasteiger partial charge is 0.0684 e. The van der Waals surface area contributed by atoms with Crippen LogP contribution in [0.15, 0.2) is 53.2 Å². The minimum Gasteiger partial charge on any atom is -0.392 e. The number of aliphatic hydroxyl groups excluding tert-OH is 1. The highest BCUT2D eigenvalue weighted by Crippen LogP contribution is 2.20. The predicted octanol–water partition coefficient (Wildman–Crippen LogP) is 5.48. The quantitative estimate of drug-likeness (QED) is 0.525. The summed E-state index contributed by atoms with van der Waals surface area (Å²) in [5.41, 5.74) is 7.59. The molecule has 0 bridgehead atoms. The number of benzene rings is 1. The minimum absolute atomic E-state index is 0.0880. The molecule has 0 radical (unpaired) electrons. The van der Waals surface area contributed by atoms with Crippen LogP contribution in [0.3, 0.4) is 0 Å². The third kappa shape index (κ3) is 5.65. The maximum Gasteiger partial charge on any atom is 0.0684 e. The molecule has 1 rings (SSSR count). The molecule has 0 fully saturated rings. The zero-order valence-electron chi connectivity index (χ0n) is 15.1. The summed E-state index contributed by atoms with van der Waals surface area (Å²) in [6, 6.07) is 6.31. The molecule has 0 aliphatic rings. The highest BCUT2D eigenvalue weighted by Gasteiger charge is 2.03. The molecule has 1 N–H and O–H groups in total. The summed E-state index contributed by atoms with van der Waals surface area (Å²) in [6.07, 6.45) is 6.13. The van der Waals surface area contributed by atoms with E-state index in [4.69, 9.17) is 0 Å². The van der Waals surface area contributed by atoms with Crippen LogP contribution in [0.1, 0.15) is 57.7 Å². The molecule has 2 nitrogen and oxygen atoms in total. The van der Waals surface area contributed by atoms with Crippen LogP contribution in [0.25, 0.3) is 5.57 Å². The van der Waals surface area contributed by atoms with Crippen molar-refractivity contribution < 1.29 is 5.11 Å². The van der Waals surface area contributed by atoms with Gasteiger partial charge in [-0.25, -0.2) is 0 Å². The number of aryl methyl sites for hydroxylation is 1. The Morgan fingerprint density at radius 3 is 2.35 bits per heavy atom. The lowest BCUT2D eigenvalue weighted by molar-refractivity contribution is 0.280. The maximum atomic E-state index is 9.51. The average Bonchev–Trinajstić information content (AvgIpc) is 2.53. The van der Waals surface area contributed by atoms with Gasteiger partial charge in [0.1, 0.15) is 0 Å². The first-order valence-corrected chi connectivity index (χ1v) is 8.24. The Morgan fingerprint density at radius 2 is 1.83 bits per heavy atom. The van der Waals surface area contributed by atoms with Crippen molar-refractivity contribution in [3.63, 3.8) is 0 Å². The van der Waals surface area contributed by atoms with Gasteiger partial charge in [-0.2, -0.15) is 0 Å². The number of aliphatic imine (C=N–C) groups is 1. The zero-order chi connectivity index (χ0) is 17.4. The Kier molecular flexibility index (Phi) is 7.70. The van der Waals surface area contributed by atoms with Crippen molar-refractivity contribution in [2.75, 3.05) is 0 Å². The molecule has 0 amide bonds. The van der Waals surface area contributed by atoms with Gasteiger partial charge in [0.05, 0.1) is 6.61 Å². The van der Waals surface area contributed by atoms with Crippen LogP contribution in [0.2, 0.25) is 0 Å². The third-order valence-electron chi connectivity index (χ3n) is 3.95. The van der Waals surface area contributed by atoms with Gasteiger partial charge in [0.15, 0.2) is 0 Å². The molecule has 124 valence electrons. The normalized spacial score (nSPS) is 13.4. The molecule has 0 atom stereocenters. The minimum atomic E-state index is 0.0880. The largest absolute Gasteiger partial charge is 0.392 e. The first-order valence-electron chi connectivity index (χ1n) is 8.24. The highest BCUT2D eigenvalue weighted by atomic mass is 16.3. The summed E-state index contributed by atoms with van der Waals surface area (Å²) >= 11 is 0. The monoisotopic (exact) mass is 311 g/mol. The summed E-state index contributed by atoms with van der Waals surface area (Å²) in [7, 11) is 0. The van der Waals surface area contributed by atoms with E-state index >= 15 is 0 Å². The Morgan fingerprint density at radius 1 is 1.13 bits per heavy atom. The molecule has 0 heterocycles. The lowest BCUT2D eigenvalue weighted by Crippen LogP contribution is -1.96. The van der Waals surface area contributed by atoms with E-state index in [0.29, 0.717) is 0 Å². The molecule has 0 aromatic heterocycles. The summed E-state index contributed by atoms with van der Waals surface area (Å²) in [6.45, 7) is 14.2. The Balaban J connectivity index is 3.12. The van der Waals surface area contributed by atoms with E-state index in [1.165, 1.54) is 16.7 Å². The van der Waals surface area contributed by atoms with Crippen LogP contribution in [0, 0.1) is 0 Å². The fourth-order valence-electron chi connectivity index (χ4n) is 2.54. The van der Waals surface area contributed by atoms with Crippen LogP contribution in [-0.2, 0) is 13.0 Å². The molecule has 0 spiro atoms. The maximum absolute atomic E-state index is 9.51. The van der Waals surface area contributed by atoms with Crippen molar-refractivity contribution in [1.82, 2.24) is 0 Å². The van der Waals surface area contributed by atoms with E-state index in [1.807, 2.05) is 13.8 Å². The second-order valence-electron chi connectivity index (χ2n) is 5.82. The van der Waals surface area contributed by atoms with Crippen molar-refractivity contribution in [3.05, 3.63) is 64.9 Å². The number of hydrogen-bond donors (Lipinski definition) is 1. The predicted molar refractivity (Wildman–Crippen MR) is 102 cm³/mol. The molecule has 0 aliphatic carbocycles. The van der Waals surface area contributed by atoms with Crippen molar-refractivity contribution >= 4 is 11.3 Å². The van der Waals surface area contributed by atoms with Crippen molar-refractivity contribution in [2.45, 2.75) is 54.1 Å². The molecule has 23 heavy (non-hydrogen) atoms. The van der Waals surface area contributed by atoms with Crippen LogP contribution in [-0.4, -0.2) is 10.8 Å². The third-order valence-corrected chi connectivity index (χ3v) is 3.95. The Bertz CT molecular complexity index is 648. The van der Waals surface area contributed by atoms with Gasteiger partial charge in [0.25, 0.3) is 0 Å².